The maximum Gasteiger partial charge on any atom is 0.264 e. The quantitative estimate of drug-likeness (QED) is 0.331. The number of aryl methyl sites for hydroxylation is 2. The summed E-state index contributed by atoms with van der Waals surface area (Å²) in [5, 5.41) is 3.28. The van der Waals surface area contributed by atoms with Crippen molar-refractivity contribution in [1.82, 2.24) is 10.2 Å². The molecule has 0 saturated carbocycles. The Morgan fingerprint density at radius 3 is 2.21 bits per heavy atom. The van der Waals surface area contributed by atoms with Crippen molar-refractivity contribution < 1.29 is 18.0 Å². The number of amides is 2. The highest BCUT2D eigenvalue weighted by atomic mass is 35.5. The lowest BCUT2D eigenvalue weighted by molar-refractivity contribution is -0.139. The molecule has 0 aliphatic carbocycles. The fourth-order valence-electron chi connectivity index (χ4n) is 4.02. The van der Waals surface area contributed by atoms with E-state index in [2.05, 4.69) is 5.32 Å². The molecule has 2 amide bonds. The molecule has 3 aromatic rings. The van der Waals surface area contributed by atoms with Crippen LogP contribution in [0.2, 0.25) is 5.02 Å². The van der Waals surface area contributed by atoms with Gasteiger partial charge in [-0.1, -0.05) is 72.6 Å². The third kappa shape index (κ3) is 7.61. The van der Waals surface area contributed by atoms with E-state index < -0.39 is 28.5 Å². The standard InChI is InChI=1S/C30H36ClN3O4S/c1-6-23(4)32-30(36)24(5)33(19-25-15-12-21(2)13-16-25)29(35)20-34(28-18-26(31)17-14-22(28)3)39(37,38)27-10-8-7-9-11-27/h7-18,23-24H,6,19-20H2,1-5H3,(H,32,36)/t23-,24+/m0/s1. The predicted octanol–water partition coefficient (Wildman–Crippen LogP) is 5.48. The Bertz CT molecular complexity index is 1400. The van der Waals surface area contributed by atoms with Crippen molar-refractivity contribution in [2.24, 2.45) is 0 Å². The maximum absolute atomic E-state index is 14.0. The van der Waals surface area contributed by atoms with Crippen LogP contribution in [0.3, 0.4) is 0 Å². The lowest BCUT2D eigenvalue weighted by Crippen LogP contribution is -2.52. The second-order valence-corrected chi connectivity index (χ2v) is 12.1. The fourth-order valence-corrected chi connectivity index (χ4v) is 5.68. The van der Waals surface area contributed by atoms with Crippen LogP contribution in [0.5, 0.6) is 0 Å². The molecule has 39 heavy (non-hydrogen) atoms. The highest BCUT2D eigenvalue weighted by molar-refractivity contribution is 7.92. The minimum atomic E-state index is -4.14. The molecule has 0 spiro atoms. The molecular formula is C30H36ClN3O4S. The SMILES string of the molecule is CC[C@H](C)NC(=O)[C@@H](C)N(Cc1ccc(C)cc1)C(=O)CN(c1cc(Cl)ccc1C)S(=O)(=O)c1ccccc1. The van der Waals surface area contributed by atoms with E-state index in [1.807, 2.05) is 45.0 Å². The molecule has 0 aliphatic rings. The van der Waals surface area contributed by atoms with Crippen LogP contribution in [0.1, 0.15) is 43.9 Å². The number of carbonyl (C=O) groups is 2. The number of nitrogens with zero attached hydrogens (tertiary/aromatic N) is 2. The number of benzene rings is 3. The number of sulfonamides is 1. The molecule has 0 saturated heterocycles. The van der Waals surface area contributed by atoms with E-state index in [0.29, 0.717) is 16.3 Å². The van der Waals surface area contributed by atoms with Gasteiger partial charge in [-0.25, -0.2) is 8.42 Å². The Hall–Kier alpha value is -3.36. The van der Waals surface area contributed by atoms with Crippen molar-refractivity contribution in [2.75, 3.05) is 10.8 Å². The van der Waals surface area contributed by atoms with Gasteiger partial charge in [0.15, 0.2) is 0 Å². The molecule has 7 nitrogen and oxygen atoms in total. The molecule has 9 heteroatoms. The Morgan fingerprint density at radius 2 is 1.59 bits per heavy atom. The van der Waals surface area contributed by atoms with Crippen molar-refractivity contribution in [3.05, 3.63) is 94.5 Å². The number of halogens is 1. The molecule has 0 aliphatic heterocycles. The minimum Gasteiger partial charge on any atom is -0.352 e. The van der Waals surface area contributed by atoms with Crippen LogP contribution in [0.4, 0.5) is 5.69 Å². The summed E-state index contributed by atoms with van der Waals surface area (Å²) in [6, 6.07) is 19.6. The molecule has 208 valence electrons. The van der Waals surface area contributed by atoms with Gasteiger partial charge in [0.1, 0.15) is 12.6 Å². The normalized spacial score (nSPS) is 12.9. The molecule has 2 atom stereocenters. The van der Waals surface area contributed by atoms with Gasteiger partial charge in [-0.05, 0) is 69.5 Å². The largest absolute Gasteiger partial charge is 0.352 e. The molecule has 0 unspecified atom stereocenters. The van der Waals surface area contributed by atoms with E-state index in [0.717, 1.165) is 21.9 Å². The van der Waals surface area contributed by atoms with Crippen LogP contribution in [-0.4, -0.2) is 43.8 Å². The Morgan fingerprint density at radius 1 is 0.949 bits per heavy atom. The first-order valence-corrected chi connectivity index (χ1v) is 14.7. The van der Waals surface area contributed by atoms with Gasteiger partial charge in [0, 0.05) is 17.6 Å². The third-order valence-electron chi connectivity index (χ3n) is 6.69. The average molecular weight is 570 g/mol. The van der Waals surface area contributed by atoms with Crippen molar-refractivity contribution in [3.8, 4) is 0 Å². The van der Waals surface area contributed by atoms with Crippen LogP contribution in [0.15, 0.2) is 77.7 Å². The van der Waals surface area contributed by atoms with Gasteiger partial charge in [-0.3, -0.25) is 13.9 Å². The number of hydrogen-bond acceptors (Lipinski definition) is 4. The molecule has 0 fully saturated rings. The Labute approximate surface area is 236 Å². The van der Waals surface area contributed by atoms with Gasteiger partial charge in [0.2, 0.25) is 11.8 Å². The van der Waals surface area contributed by atoms with E-state index in [-0.39, 0.29) is 23.4 Å². The molecule has 0 heterocycles. The van der Waals surface area contributed by atoms with Gasteiger partial charge in [0.05, 0.1) is 10.6 Å². The van der Waals surface area contributed by atoms with Crippen molar-refractivity contribution in [2.45, 2.75) is 64.6 Å². The zero-order valence-electron chi connectivity index (χ0n) is 23.0. The predicted molar refractivity (Wildman–Crippen MR) is 156 cm³/mol. The molecule has 0 bridgehead atoms. The van der Waals surface area contributed by atoms with Crippen LogP contribution < -0.4 is 9.62 Å². The van der Waals surface area contributed by atoms with E-state index in [4.69, 9.17) is 11.6 Å². The Kier molecular flexibility index (Phi) is 10.2. The zero-order valence-corrected chi connectivity index (χ0v) is 24.6. The van der Waals surface area contributed by atoms with E-state index in [9.17, 15) is 18.0 Å². The summed E-state index contributed by atoms with van der Waals surface area (Å²) in [5.74, 6) is -0.817. The third-order valence-corrected chi connectivity index (χ3v) is 8.70. The van der Waals surface area contributed by atoms with E-state index in [1.54, 1.807) is 44.2 Å². The van der Waals surface area contributed by atoms with E-state index >= 15 is 0 Å². The summed E-state index contributed by atoms with van der Waals surface area (Å²) in [4.78, 5) is 28.6. The molecule has 3 rings (SSSR count). The number of rotatable bonds is 11. The number of nitrogens with one attached hydrogen (secondary N) is 1. The topological polar surface area (TPSA) is 86.8 Å². The van der Waals surface area contributed by atoms with Gasteiger partial charge < -0.3 is 10.2 Å². The maximum atomic E-state index is 14.0. The number of anilines is 1. The summed E-state index contributed by atoms with van der Waals surface area (Å²) in [6.45, 7) is 8.87. The number of hydrogen-bond donors (Lipinski definition) is 1. The smallest absolute Gasteiger partial charge is 0.264 e. The minimum absolute atomic E-state index is 0.0461. The molecule has 0 aromatic heterocycles. The van der Waals surface area contributed by atoms with Crippen LogP contribution in [0.25, 0.3) is 0 Å². The summed E-state index contributed by atoms with van der Waals surface area (Å²) >= 11 is 6.26. The van der Waals surface area contributed by atoms with Crippen molar-refractivity contribution >= 4 is 39.1 Å². The fraction of sp³-hybridized carbons (Fsp3) is 0.333. The Balaban J connectivity index is 2.05. The van der Waals surface area contributed by atoms with Crippen LogP contribution >= 0.6 is 11.6 Å². The summed E-state index contributed by atoms with van der Waals surface area (Å²) < 4.78 is 28.8. The summed E-state index contributed by atoms with van der Waals surface area (Å²) in [5.41, 5.74) is 2.83. The molecule has 0 radical (unpaired) electrons. The van der Waals surface area contributed by atoms with Gasteiger partial charge in [0.25, 0.3) is 10.0 Å². The van der Waals surface area contributed by atoms with Crippen LogP contribution in [0, 0.1) is 13.8 Å². The van der Waals surface area contributed by atoms with Gasteiger partial charge in [-0.2, -0.15) is 0 Å². The molecule has 3 aromatic carbocycles. The molecular weight excluding hydrogens is 534 g/mol. The van der Waals surface area contributed by atoms with Crippen molar-refractivity contribution in [1.29, 1.82) is 0 Å². The first-order chi connectivity index (χ1) is 18.4. The van der Waals surface area contributed by atoms with Crippen molar-refractivity contribution in [3.63, 3.8) is 0 Å². The van der Waals surface area contributed by atoms with Crippen LogP contribution in [-0.2, 0) is 26.2 Å². The summed E-state index contributed by atoms with van der Waals surface area (Å²) in [7, 11) is -4.14. The highest BCUT2D eigenvalue weighted by Gasteiger charge is 2.33. The lowest BCUT2D eigenvalue weighted by atomic mass is 10.1. The second-order valence-electron chi connectivity index (χ2n) is 9.76. The second kappa shape index (κ2) is 13.1. The average Bonchev–Trinajstić information content (AvgIpc) is 2.92. The lowest BCUT2D eigenvalue weighted by Gasteiger charge is -2.33. The zero-order chi connectivity index (χ0) is 28.7. The first-order valence-electron chi connectivity index (χ1n) is 12.9. The number of carbonyl (C=O) groups excluding carboxylic acids is 2. The van der Waals surface area contributed by atoms with Gasteiger partial charge in [-0.15, -0.1) is 0 Å². The summed E-state index contributed by atoms with van der Waals surface area (Å²) in [6.07, 6.45) is 0.738. The molecule has 1 N–H and O–H groups in total. The van der Waals surface area contributed by atoms with Gasteiger partial charge >= 0.3 is 0 Å². The first kappa shape index (κ1) is 30.2. The van der Waals surface area contributed by atoms with E-state index in [1.165, 1.54) is 23.1 Å². The highest BCUT2D eigenvalue weighted by Crippen LogP contribution is 2.30. The monoisotopic (exact) mass is 569 g/mol.